The lowest BCUT2D eigenvalue weighted by Crippen LogP contribution is -2.25. The van der Waals surface area contributed by atoms with Gasteiger partial charge in [0.05, 0.1) is 0 Å². The average molecular weight is 234 g/mol. The Hall–Kier alpha value is 0.250. The first-order valence-electron chi connectivity index (χ1n) is 6.52. The molecule has 0 aliphatic heterocycles. The van der Waals surface area contributed by atoms with Crippen molar-refractivity contribution in [1.82, 2.24) is 5.32 Å². The average Bonchev–Trinajstić information content (AvgIpc) is 2.07. The van der Waals surface area contributed by atoms with E-state index in [4.69, 9.17) is 0 Å². The fourth-order valence-electron chi connectivity index (χ4n) is 2.41. The topological polar surface area (TPSA) is 12.0 Å². The first-order chi connectivity index (χ1) is 6.79. The second-order valence-electron chi connectivity index (χ2n) is 5.11. The standard InChI is InChI=1S/C13H27N.ClH/c1-12(2)14-11-10-13-8-6-4-3-5-7-9-13;/h12-14H,3-11H2,1-2H3;1H. The summed E-state index contributed by atoms with van der Waals surface area (Å²) in [6.07, 6.45) is 11.8. The van der Waals surface area contributed by atoms with Crippen LogP contribution in [0.1, 0.15) is 65.2 Å². The van der Waals surface area contributed by atoms with Crippen LogP contribution < -0.4 is 5.32 Å². The molecule has 0 spiro atoms. The Balaban J connectivity index is 0.00000196. The summed E-state index contributed by atoms with van der Waals surface area (Å²) in [6, 6.07) is 0.656. The molecule has 0 radical (unpaired) electrons. The maximum atomic E-state index is 3.53. The van der Waals surface area contributed by atoms with E-state index in [1.54, 1.807) is 0 Å². The van der Waals surface area contributed by atoms with E-state index in [0.717, 1.165) is 5.92 Å². The van der Waals surface area contributed by atoms with Crippen molar-refractivity contribution in [3.63, 3.8) is 0 Å². The molecule has 0 heterocycles. The molecular weight excluding hydrogens is 206 g/mol. The molecule has 0 amide bonds. The van der Waals surface area contributed by atoms with Crippen LogP contribution in [0.4, 0.5) is 0 Å². The zero-order valence-corrected chi connectivity index (χ0v) is 11.2. The SMILES string of the molecule is CC(C)NCCC1CCCCCCC1.Cl. The summed E-state index contributed by atoms with van der Waals surface area (Å²) in [5.41, 5.74) is 0. The molecule has 1 N–H and O–H groups in total. The van der Waals surface area contributed by atoms with E-state index >= 15 is 0 Å². The highest BCUT2D eigenvalue weighted by Gasteiger charge is 2.10. The molecule has 1 rings (SSSR count). The second-order valence-corrected chi connectivity index (χ2v) is 5.11. The number of hydrogen-bond donors (Lipinski definition) is 1. The van der Waals surface area contributed by atoms with Crippen LogP contribution >= 0.6 is 12.4 Å². The highest BCUT2D eigenvalue weighted by molar-refractivity contribution is 5.85. The molecule has 0 atom stereocenters. The van der Waals surface area contributed by atoms with E-state index < -0.39 is 0 Å². The molecular formula is C13H28ClN. The Morgan fingerprint density at radius 3 is 2.07 bits per heavy atom. The summed E-state index contributed by atoms with van der Waals surface area (Å²) in [7, 11) is 0. The first-order valence-corrected chi connectivity index (χ1v) is 6.52. The lowest BCUT2D eigenvalue weighted by atomic mass is 9.89. The van der Waals surface area contributed by atoms with E-state index in [-0.39, 0.29) is 12.4 Å². The quantitative estimate of drug-likeness (QED) is 0.769. The molecule has 92 valence electrons. The predicted molar refractivity (Wildman–Crippen MR) is 70.8 cm³/mol. The van der Waals surface area contributed by atoms with Gasteiger partial charge in [-0.1, -0.05) is 58.8 Å². The Morgan fingerprint density at radius 2 is 1.53 bits per heavy atom. The van der Waals surface area contributed by atoms with Crippen LogP contribution in [0.5, 0.6) is 0 Å². The van der Waals surface area contributed by atoms with E-state index in [9.17, 15) is 0 Å². The molecule has 0 aromatic rings. The minimum atomic E-state index is 0. The van der Waals surface area contributed by atoms with Crippen molar-refractivity contribution < 1.29 is 0 Å². The third kappa shape index (κ3) is 8.10. The molecule has 1 saturated carbocycles. The van der Waals surface area contributed by atoms with Crippen LogP contribution in [0.2, 0.25) is 0 Å². The van der Waals surface area contributed by atoms with E-state index in [0.29, 0.717) is 6.04 Å². The van der Waals surface area contributed by atoms with Crippen LogP contribution in [0, 0.1) is 5.92 Å². The summed E-state index contributed by atoms with van der Waals surface area (Å²) in [5, 5.41) is 3.53. The molecule has 0 unspecified atom stereocenters. The molecule has 1 fully saturated rings. The van der Waals surface area contributed by atoms with Gasteiger partial charge in [0.1, 0.15) is 0 Å². The monoisotopic (exact) mass is 233 g/mol. The van der Waals surface area contributed by atoms with Gasteiger partial charge in [-0.3, -0.25) is 0 Å². The Labute approximate surface area is 102 Å². The Kier molecular flexibility index (Phi) is 9.63. The normalized spacial score (nSPS) is 19.4. The molecule has 0 aromatic carbocycles. The van der Waals surface area contributed by atoms with E-state index in [1.165, 1.54) is 57.9 Å². The molecule has 1 nitrogen and oxygen atoms in total. The molecule has 2 heteroatoms. The lowest BCUT2D eigenvalue weighted by molar-refractivity contribution is 0.349. The van der Waals surface area contributed by atoms with Gasteiger partial charge in [0, 0.05) is 6.04 Å². The van der Waals surface area contributed by atoms with Gasteiger partial charge in [0.15, 0.2) is 0 Å². The van der Waals surface area contributed by atoms with Gasteiger partial charge >= 0.3 is 0 Å². The largest absolute Gasteiger partial charge is 0.315 e. The van der Waals surface area contributed by atoms with Gasteiger partial charge in [-0.05, 0) is 18.9 Å². The van der Waals surface area contributed by atoms with Crippen LogP contribution in [-0.4, -0.2) is 12.6 Å². The molecule has 0 saturated heterocycles. The number of hydrogen-bond acceptors (Lipinski definition) is 1. The van der Waals surface area contributed by atoms with Gasteiger partial charge in [0.2, 0.25) is 0 Å². The molecule has 1 aliphatic carbocycles. The fourth-order valence-corrected chi connectivity index (χ4v) is 2.41. The highest BCUT2D eigenvalue weighted by Crippen LogP contribution is 2.24. The van der Waals surface area contributed by atoms with Gasteiger partial charge in [-0.25, -0.2) is 0 Å². The third-order valence-electron chi connectivity index (χ3n) is 3.33. The highest BCUT2D eigenvalue weighted by atomic mass is 35.5. The lowest BCUT2D eigenvalue weighted by Gasteiger charge is -2.20. The van der Waals surface area contributed by atoms with Crippen LogP contribution in [-0.2, 0) is 0 Å². The minimum absolute atomic E-state index is 0. The van der Waals surface area contributed by atoms with Crippen molar-refractivity contribution >= 4 is 12.4 Å². The second kappa shape index (κ2) is 9.47. The molecule has 15 heavy (non-hydrogen) atoms. The number of rotatable bonds is 4. The molecule has 0 aromatic heterocycles. The minimum Gasteiger partial charge on any atom is -0.315 e. The van der Waals surface area contributed by atoms with Crippen LogP contribution in [0.3, 0.4) is 0 Å². The summed E-state index contributed by atoms with van der Waals surface area (Å²) in [6.45, 7) is 5.69. The van der Waals surface area contributed by atoms with Crippen molar-refractivity contribution in [2.75, 3.05) is 6.54 Å². The zero-order chi connectivity index (χ0) is 10.2. The summed E-state index contributed by atoms with van der Waals surface area (Å²) < 4.78 is 0. The van der Waals surface area contributed by atoms with Crippen molar-refractivity contribution in [3.8, 4) is 0 Å². The third-order valence-corrected chi connectivity index (χ3v) is 3.33. The summed E-state index contributed by atoms with van der Waals surface area (Å²) in [5.74, 6) is 1.02. The van der Waals surface area contributed by atoms with Crippen LogP contribution in [0.15, 0.2) is 0 Å². The van der Waals surface area contributed by atoms with E-state index in [1.807, 2.05) is 0 Å². The zero-order valence-electron chi connectivity index (χ0n) is 10.4. The number of halogens is 1. The molecule has 0 bridgehead atoms. The Morgan fingerprint density at radius 1 is 1.00 bits per heavy atom. The van der Waals surface area contributed by atoms with Crippen molar-refractivity contribution in [2.24, 2.45) is 5.92 Å². The Bertz CT molecular complexity index is 128. The van der Waals surface area contributed by atoms with Gasteiger partial charge in [-0.15, -0.1) is 12.4 Å². The van der Waals surface area contributed by atoms with Gasteiger partial charge in [-0.2, -0.15) is 0 Å². The smallest absolute Gasteiger partial charge is 0.00103 e. The number of nitrogens with one attached hydrogen (secondary N) is 1. The van der Waals surface area contributed by atoms with Gasteiger partial charge in [0.25, 0.3) is 0 Å². The van der Waals surface area contributed by atoms with Crippen molar-refractivity contribution in [1.29, 1.82) is 0 Å². The van der Waals surface area contributed by atoms with Gasteiger partial charge < -0.3 is 5.32 Å². The van der Waals surface area contributed by atoms with Crippen LogP contribution in [0.25, 0.3) is 0 Å². The fraction of sp³-hybridized carbons (Fsp3) is 1.00. The molecule has 1 aliphatic rings. The maximum Gasteiger partial charge on any atom is 0.00103 e. The predicted octanol–water partition coefficient (Wildman–Crippen LogP) is 4.16. The summed E-state index contributed by atoms with van der Waals surface area (Å²) >= 11 is 0. The first kappa shape index (κ1) is 15.2. The van der Waals surface area contributed by atoms with Crippen molar-refractivity contribution in [3.05, 3.63) is 0 Å². The maximum absolute atomic E-state index is 3.53. The van der Waals surface area contributed by atoms with E-state index in [2.05, 4.69) is 19.2 Å². The summed E-state index contributed by atoms with van der Waals surface area (Å²) in [4.78, 5) is 0. The van der Waals surface area contributed by atoms with Crippen molar-refractivity contribution in [2.45, 2.75) is 71.3 Å².